The zero-order valence-electron chi connectivity index (χ0n) is 28.4. The van der Waals surface area contributed by atoms with Crippen molar-refractivity contribution in [1.82, 2.24) is 23.9 Å². The van der Waals surface area contributed by atoms with E-state index in [1.165, 1.54) is 10.6 Å². The molecule has 0 atom stereocenters. The Morgan fingerprint density at radius 3 is 2.53 bits per heavy atom. The van der Waals surface area contributed by atoms with Gasteiger partial charge in [0.1, 0.15) is 5.60 Å². The number of morpholine rings is 1. The summed E-state index contributed by atoms with van der Waals surface area (Å²) in [5.41, 5.74) is 5.40. The van der Waals surface area contributed by atoms with E-state index >= 15 is 0 Å². The van der Waals surface area contributed by atoms with E-state index in [-0.39, 0.29) is 19.0 Å². The van der Waals surface area contributed by atoms with E-state index in [9.17, 15) is 18.0 Å². The standard InChI is InChI=1S/C36H42ClN5O6S/c1-36(2,3)48-35(44)41-17-12-26-22-25(7-10-29(26)34(41)43)6-8-27-23-28(9-11-31(27)37)33-30-24-40(49(4,45)46)16-13-32(30)42(38-33)15-5-14-39-18-20-47-21-19-39/h7,9-11,22-23H,5,12-21,24H2,1-4H3. The van der Waals surface area contributed by atoms with Crippen LogP contribution in [-0.2, 0) is 45.4 Å². The molecule has 0 saturated carbocycles. The summed E-state index contributed by atoms with van der Waals surface area (Å²) in [6.07, 6.45) is 2.60. The Balaban J connectivity index is 1.25. The number of carbonyl (C=O) groups is 2. The molecule has 0 N–H and O–H groups in total. The minimum Gasteiger partial charge on any atom is -0.443 e. The molecule has 13 heteroatoms. The smallest absolute Gasteiger partial charge is 0.417 e. The van der Waals surface area contributed by atoms with Gasteiger partial charge in [-0.05, 0) is 69.5 Å². The number of amides is 2. The topological polar surface area (TPSA) is 114 Å². The van der Waals surface area contributed by atoms with E-state index in [0.717, 1.165) is 78.8 Å². The number of hydrogen-bond acceptors (Lipinski definition) is 8. The van der Waals surface area contributed by atoms with Gasteiger partial charge in [0, 0.05) is 85.7 Å². The number of sulfonamides is 1. The summed E-state index contributed by atoms with van der Waals surface area (Å²) >= 11 is 6.63. The molecule has 260 valence electrons. The van der Waals surface area contributed by atoms with Gasteiger partial charge in [-0.3, -0.25) is 14.4 Å². The van der Waals surface area contributed by atoms with Gasteiger partial charge in [-0.25, -0.2) is 18.1 Å². The molecule has 3 aromatic rings. The SMILES string of the molecule is CC(C)(C)OC(=O)N1CCc2cc(C#Cc3cc(-c4nn(CCCN5CCOCC5)c5c4CN(S(C)(=O)=O)CC5)ccc3Cl)ccc2C1=O. The van der Waals surface area contributed by atoms with Gasteiger partial charge < -0.3 is 9.47 Å². The predicted octanol–water partition coefficient (Wildman–Crippen LogP) is 4.58. The van der Waals surface area contributed by atoms with Crippen LogP contribution in [0.2, 0.25) is 5.02 Å². The summed E-state index contributed by atoms with van der Waals surface area (Å²) in [5, 5.41) is 5.52. The number of hydrogen-bond donors (Lipinski definition) is 0. The lowest BCUT2D eigenvalue weighted by Gasteiger charge is -2.29. The lowest BCUT2D eigenvalue weighted by molar-refractivity contribution is 0.0233. The quantitative estimate of drug-likeness (QED) is 0.343. The highest BCUT2D eigenvalue weighted by molar-refractivity contribution is 7.88. The van der Waals surface area contributed by atoms with Crippen molar-refractivity contribution in [3.8, 4) is 23.1 Å². The molecule has 2 aromatic carbocycles. The van der Waals surface area contributed by atoms with Crippen molar-refractivity contribution in [3.63, 3.8) is 0 Å². The first-order valence-corrected chi connectivity index (χ1v) is 18.8. The molecule has 4 heterocycles. The summed E-state index contributed by atoms with van der Waals surface area (Å²) < 4.78 is 39.5. The Bertz CT molecular complexity index is 1930. The molecule has 0 radical (unpaired) electrons. The first-order chi connectivity index (χ1) is 23.3. The molecule has 0 unspecified atom stereocenters. The lowest BCUT2D eigenvalue weighted by Crippen LogP contribution is -2.44. The number of carbonyl (C=O) groups excluding carboxylic acids is 2. The van der Waals surface area contributed by atoms with Gasteiger partial charge in [-0.2, -0.15) is 9.40 Å². The first kappa shape index (κ1) is 35.1. The van der Waals surface area contributed by atoms with Gasteiger partial charge in [0.05, 0.1) is 30.2 Å². The summed E-state index contributed by atoms with van der Waals surface area (Å²) in [4.78, 5) is 29.2. The van der Waals surface area contributed by atoms with Crippen LogP contribution in [0.3, 0.4) is 0 Å². The molecule has 6 rings (SSSR count). The Hall–Kier alpha value is -3.73. The Labute approximate surface area is 293 Å². The van der Waals surface area contributed by atoms with Crippen LogP contribution in [0.15, 0.2) is 36.4 Å². The number of halogens is 1. The van der Waals surface area contributed by atoms with Crippen molar-refractivity contribution in [2.45, 2.75) is 58.7 Å². The van der Waals surface area contributed by atoms with Gasteiger partial charge in [-0.1, -0.05) is 29.5 Å². The van der Waals surface area contributed by atoms with E-state index in [1.807, 2.05) is 22.9 Å². The average Bonchev–Trinajstić information content (AvgIpc) is 3.41. The van der Waals surface area contributed by atoms with Crippen LogP contribution in [0.25, 0.3) is 11.3 Å². The second-order valence-electron chi connectivity index (χ2n) is 13.7. The molecule has 1 saturated heterocycles. The summed E-state index contributed by atoms with van der Waals surface area (Å²) in [5.74, 6) is 5.99. The maximum absolute atomic E-state index is 13.1. The van der Waals surface area contributed by atoms with Crippen molar-refractivity contribution >= 4 is 33.6 Å². The van der Waals surface area contributed by atoms with E-state index in [4.69, 9.17) is 26.2 Å². The van der Waals surface area contributed by atoms with Crippen LogP contribution in [0, 0.1) is 11.8 Å². The van der Waals surface area contributed by atoms with E-state index in [2.05, 4.69) is 16.7 Å². The number of imide groups is 1. The molecule has 1 aromatic heterocycles. The summed E-state index contributed by atoms with van der Waals surface area (Å²) in [7, 11) is -3.38. The maximum atomic E-state index is 13.1. The molecule has 11 nitrogen and oxygen atoms in total. The fraction of sp³-hybridized carbons (Fsp3) is 0.472. The number of ether oxygens (including phenoxy) is 2. The fourth-order valence-corrected chi connectivity index (χ4v) is 7.35. The van der Waals surface area contributed by atoms with Crippen LogP contribution in [0.1, 0.15) is 65.5 Å². The number of aromatic nitrogens is 2. The third kappa shape index (κ3) is 8.19. The largest absolute Gasteiger partial charge is 0.443 e. The lowest BCUT2D eigenvalue weighted by atomic mass is 9.96. The zero-order valence-corrected chi connectivity index (χ0v) is 30.0. The monoisotopic (exact) mass is 707 g/mol. The van der Waals surface area contributed by atoms with Crippen LogP contribution < -0.4 is 0 Å². The Morgan fingerprint density at radius 1 is 1.02 bits per heavy atom. The second kappa shape index (κ2) is 14.2. The highest BCUT2D eigenvalue weighted by Crippen LogP contribution is 2.33. The van der Waals surface area contributed by atoms with Gasteiger partial charge in [0.15, 0.2) is 0 Å². The molecule has 3 aliphatic heterocycles. The highest BCUT2D eigenvalue weighted by Gasteiger charge is 2.33. The molecule has 3 aliphatic rings. The number of aryl methyl sites for hydroxylation is 1. The second-order valence-corrected chi connectivity index (χ2v) is 16.0. The predicted molar refractivity (Wildman–Crippen MR) is 187 cm³/mol. The third-order valence-electron chi connectivity index (χ3n) is 8.90. The van der Waals surface area contributed by atoms with Crippen molar-refractivity contribution in [2.24, 2.45) is 0 Å². The Kier molecular flexibility index (Phi) is 10.2. The normalized spacial score (nSPS) is 17.2. The van der Waals surface area contributed by atoms with E-state index in [0.29, 0.717) is 41.1 Å². The van der Waals surface area contributed by atoms with Gasteiger partial charge in [0.2, 0.25) is 10.0 Å². The minimum absolute atomic E-state index is 0.229. The number of nitrogens with zero attached hydrogens (tertiary/aromatic N) is 5. The summed E-state index contributed by atoms with van der Waals surface area (Å²) in [6.45, 7) is 11.2. The molecule has 0 spiro atoms. The number of fused-ring (bicyclic) bond motifs is 2. The van der Waals surface area contributed by atoms with Crippen molar-refractivity contribution in [1.29, 1.82) is 0 Å². The van der Waals surface area contributed by atoms with Crippen LogP contribution in [0.5, 0.6) is 0 Å². The van der Waals surface area contributed by atoms with Gasteiger partial charge in [-0.15, -0.1) is 0 Å². The van der Waals surface area contributed by atoms with Crippen molar-refractivity contribution < 1.29 is 27.5 Å². The summed E-state index contributed by atoms with van der Waals surface area (Å²) in [6, 6.07) is 10.9. The maximum Gasteiger partial charge on any atom is 0.417 e. The molecule has 0 aliphatic carbocycles. The van der Waals surface area contributed by atoms with Gasteiger partial charge >= 0.3 is 6.09 Å². The first-order valence-electron chi connectivity index (χ1n) is 16.6. The average molecular weight is 708 g/mol. The van der Waals surface area contributed by atoms with Crippen LogP contribution in [0.4, 0.5) is 4.79 Å². The van der Waals surface area contributed by atoms with Crippen LogP contribution >= 0.6 is 11.6 Å². The van der Waals surface area contributed by atoms with Crippen LogP contribution in [-0.4, -0.2) is 102 Å². The van der Waals surface area contributed by atoms with E-state index in [1.54, 1.807) is 39.0 Å². The fourth-order valence-electron chi connectivity index (χ4n) is 6.40. The van der Waals surface area contributed by atoms with Crippen molar-refractivity contribution in [3.05, 3.63) is 74.9 Å². The molecule has 49 heavy (non-hydrogen) atoms. The van der Waals surface area contributed by atoms with Gasteiger partial charge in [0.25, 0.3) is 5.91 Å². The Morgan fingerprint density at radius 2 is 1.80 bits per heavy atom. The minimum atomic E-state index is -3.38. The molecular weight excluding hydrogens is 666 g/mol. The number of rotatable bonds is 6. The third-order valence-corrected chi connectivity index (χ3v) is 10.5. The molecule has 0 bridgehead atoms. The van der Waals surface area contributed by atoms with Crippen molar-refractivity contribution in [2.75, 3.05) is 52.2 Å². The molecule has 1 fully saturated rings. The zero-order chi connectivity index (χ0) is 34.9. The molecule has 2 amide bonds. The molecular formula is C36H42ClN5O6S. The van der Waals surface area contributed by atoms with E-state index < -0.39 is 21.7 Å². The number of benzene rings is 2. The highest BCUT2D eigenvalue weighted by atomic mass is 35.5.